The van der Waals surface area contributed by atoms with Crippen molar-refractivity contribution in [2.75, 3.05) is 5.32 Å². The number of hydrogen-bond donors (Lipinski definition) is 2. The molecule has 1 amide bonds. The van der Waals surface area contributed by atoms with E-state index in [0.717, 1.165) is 16.1 Å². The van der Waals surface area contributed by atoms with Crippen molar-refractivity contribution in [3.8, 4) is 0 Å². The Hall–Kier alpha value is -2.04. The number of benzene rings is 2. The van der Waals surface area contributed by atoms with E-state index < -0.39 is 0 Å². The maximum absolute atomic E-state index is 11.7. The molecule has 2 rings (SSSR count). The van der Waals surface area contributed by atoms with Gasteiger partial charge < -0.3 is 11.1 Å². The molecule has 102 valence electrons. The minimum absolute atomic E-state index is 0.145. The second-order valence-corrected chi connectivity index (χ2v) is 5.10. The molecular weight excluding hydrogens is 268 g/mol. The lowest BCUT2D eigenvalue weighted by Crippen LogP contribution is -2.07. The van der Waals surface area contributed by atoms with Gasteiger partial charge in [-0.3, -0.25) is 4.79 Å². The van der Waals surface area contributed by atoms with Crippen molar-refractivity contribution in [3.63, 3.8) is 0 Å². The molecule has 0 atom stereocenters. The van der Waals surface area contributed by atoms with Crippen LogP contribution in [0.25, 0.3) is 0 Å². The number of amides is 1. The summed E-state index contributed by atoms with van der Waals surface area (Å²) in [6, 6.07) is 17.4. The molecule has 0 aliphatic rings. The van der Waals surface area contributed by atoms with Crippen molar-refractivity contribution in [3.05, 3.63) is 71.6 Å². The maximum atomic E-state index is 11.7. The van der Waals surface area contributed by atoms with Crippen LogP contribution in [0.5, 0.6) is 0 Å². The lowest BCUT2D eigenvalue weighted by atomic mass is 10.2. The van der Waals surface area contributed by atoms with Crippen molar-refractivity contribution >= 4 is 23.4 Å². The summed E-state index contributed by atoms with van der Waals surface area (Å²) in [4.78, 5) is 12.8. The maximum Gasteiger partial charge on any atom is 0.248 e. The Morgan fingerprint density at radius 1 is 1.10 bits per heavy atom. The van der Waals surface area contributed by atoms with Crippen LogP contribution in [0.15, 0.2) is 71.0 Å². The summed E-state index contributed by atoms with van der Waals surface area (Å²) in [5.41, 5.74) is 7.33. The fourth-order valence-electron chi connectivity index (χ4n) is 1.58. The highest BCUT2D eigenvalue weighted by Crippen LogP contribution is 2.18. The Labute approximate surface area is 122 Å². The van der Waals surface area contributed by atoms with Gasteiger partial charge in [0.05, 0.1) is 0 Å². The Balaban J connectivity index is 1.85. The molecule has 3 N–H and O–H groups in total. The third kappa shape index (κ3) is 4.57. The van der Waals surface area contributed by atoms with Crippen LogP contribution in [0, 0.1) is 0 Å². The average molecular weight is 284 g/mol. The zero-order chi connectivity index (χ0) is 14.2. The van der Waals surface area contributed by atoms with E-state index >= 15 is 0 Å². The van der Waals surface area contributed by atoms with Crippen LogP contribution < -0.4 is 11.1 Å². The number of thioether (sulfide) groups is 1. The lowest BCUT2D eigenvalue weighted by molar-refractivity contribution is -0.111. The van der Waals surface area contributed by atoms with Gasteiger partial charge >= 0.3 is 0 Å². The smallest absolute Gasteiger partial charge is 0.248 e. The summed E-state index contributed by atoms with van der Waals surface area (Å²) >= 11 is 1.51. The van der Waals surface area contributed by atoms with E-state index in [-0.39, 0.29) is 5.91 Å². The first-order valence-corrected chi connectivity index (χ1v) is 7.14. The monoisotopic (exact) mass is 284 g/mol. The normalized spacial score (nSPS) is 10.7. The summed E-state index contributed by atoms with van der Waals surface area (Å²) < 4.78 is 0. The third-order valence-electron chi connectivity index (χ3n) is 2.62. The van der Waals surface area contributed by atoms with Gasteiger partial charge in [-0.1, -0.05) is 42.1 Å². The fourth-order valence-corrected chi connectivity index (χ4v) is 2.24. The van der Waals surface area contributed by atoms with Crippen LogP contribution in [0.2, 0.25) is 0 Å². The third-order valence-corrected chi connectivity index (χ3v) is 3.44. The predicted octanol–water partition coefficient (Wildman–Crippen LogP) is 3.39. The van der Waals surface area contributed by atoms with Gasteiger partial charge in [-0.25, -0.2) is 0 Å². The van der Waals surface area contributed by atoms with Crippen LogP contribution in [-0.2, 0) is 11.3 Å². The highest BCUT2D eigenvalue weighted by atomic mass is 32.2. The molecule has 20 heavy (non-hydrogen) atoms. The first-order valence-electron chi connectivity index (χ1n) is 6.26. The molecule has 4 heteroatoms. The highest BCUT2D eigenvalue weighted by molar-refractivity contribution is 8.02. The predicted molar refractivity (Wildman–Crippen MR) is 84.4 cm³/mol. The van der Waals surface area contributed by atoms with Crippen LogP contribution in [0.4, 0.5) is 5.69 Å². The number of anilines is 1. The first kappa shape index (κ1) is 14.4. The van der Waals surface area contributed by atoms with Crippen molar-refractivity contribution < 1.29 is 4.79 Å². The number of hydrogen-bond acceptors (Lipinski definition) is 3. The Bertz CT molecular complexity index is 579. The number of nitrogens with one attached hydrogen (secondary N) is 1. The number of rotatable bonds is 5. The van der Waals surface area contributed by atoms with Gasteiger partial charge in [-0.2, -0.15) is 0 Å². The van der Waals surface area contributed by atoms with Crippen molar-refractivity contribution in [1.82, 2.24) is 0 Å². The molecule has 3 nitrogen and oxygen atoms in total. The molecule has 0 radical (unpaired) electrons. The number of nitrogens with two attached hydrogens (primary N) is 1. The Morgan fingerprint density at radius 3 is 2.45 bits per heavy atom. The minimum atomic E-state index is -0.145. The molecule has 0 heterocycles. The van der Waals surface area contributed by atoms with Crippen molar-refractivity contribution in [2.24, 2.45) is 5.73 Å². The van der Waals surface area contributed by atoms with E-state index in [1.807, 2.05) is 54.6 Å². The molecule has 0 aromatic heterocycles. The summed E-state index contributed by atoms with van der Waals surface area (Å²) in [6.45, 7) is 0.502. The largest absolute Gasteiger partial charge is 0.326 e. The molecule has 0 aliphatic heterocycles. The topological polar surface area (TPSA) is 55.1 Å². The molecule has 0 fully saturated rings. The fraction of sp³-hybridized carbons (Fsp3) is 0.0625. The van der Waals surface area contributed by atoms with Crippen molar-refractivity contribution in [1.29, 1.82) is 0 Å². The van der Waals surface area contributed by atoms with E-state index in [4.69, 9.17) is 5.73 Å². The standard InChI is InChI=1S/C16H16N2OS/c17-12-13-6-8-14(9-7-13)18-16(19)10-11-20-15-4-2-1-3-5-15/h1-11H,12,17H2,(H,18,19). The molecule has 0 spiro atoms. The van der Waals surface area contributed by atoms with E-state index in [2.05, 4.69) is 5.32 Å². The van der Waals surface area contributed by atoms with Gasteiger partial charge in [0, 0.05) is 23.2 Å². The van der Waals surface area contributed by atoms with Crippen LogP contribution in [-0.4, -0.2) is 5.91 Å². The second-order valence-electron chi connectivity index (χ2n) is 4.12. The second kappa shape index (κ2) is 7.53. The first-order chi connectivity index (χ1) is 9.78. The van der Waals surface area contributed by atoms with Gasteiger partial charge in [-0.15, -0.1) is 0 Å². The molecule has 0 unspecified atom stereocenters. The molecular formula is C16H16N2OS. The molecule has 0 bridgehead atoms. The van der Waals surface area contributed by atoms with Crippen LogP contribution in [0.3, 0.4) is 0 Å². The average Bonchev–Trinajstić information content (AvgIpc) is 2.49. The molecule has 0 saturated carbocycles. The summed E-state index contributed by atoms with van der Waals surface area (Å²) in [6.07, 6.45) is 1.52. The lowest BCUT2D eigenvalue weighted by Gasteiger charge is -2.03. The van der Waals surface area contributed by atoms with Crippen molar-refractivity contribution in [2.45, 2.75) is 11.4 Å². The summed E-state index contributed by atoms with van der Waals surface area (Å²) in [5, 5.41) is 4.58. The number of carbonyl (C=O) groups is 1. The SMILES string of the molecule is NCc1ccc(NC(=O)C=CSc2ccccc2)cc1. The summed E-state index contributed by atoms with van der Waals surface area (Å²) in [5.74, 6) is -0.145. The Kier molecular flexibility index (Phi) is 5.41. The van der Waals surface area contributed by atoms with Gasteiger partial charge in [0.1, 0.15) is 0 Å². The van der Waals surface area contributed by atoms with Gasteiger partial charge in [0.2, 0.25) is 5.91 Å². The van der Waals surface area contributed by atoms with E-state index in [1.165, 1.54) is 17.8 Å². The van der Waals surface area contributed by atoms with Gasteiger partial charge in [-0.05, 0) is 35.2 Å². The zero-order valence-corrected chi connectivity index (χ0v) is 11.8. The van der Waals surface area contributed by atoms with Gasteiger partial charge in [0.15, 0.2) is 0 Å². The van der Waals surface area contributed by atoms with E-state index in [1.54, 1.807) is 5.41 Å². The molecule has 0 saturated heterocycles. The van der Waals surface area contributed by atoms with E-state index in [0.29, 0.717) is 6.54 Å². The van der Waals surface area contributed by atoms with E-state index in [9.17, 15) is 4.79 Å². The molecule has 2 aromatic carbocycles. The summed E-state index contributed by atoms with van der Waals surface area (Å²) in [7, 11) is 0. The molecule has 0 aliphatic carbocycles. The van der Waals surface area contributed by atoms with Crippen LogP contribution in [0.1, 0.15) is 5.56 Å². The molecule has 2 aromatic rings. The minimum Gasteiger partial charge on any atom is -0.326 e. The Morgan fingerprint density at radius 2 is 1.80 bits per heavy atom. The zero-order valence-electron chi connectivity index (χ0n) is 11.0. The van der Waals surface area contributed by atoms with Crippen LogP contribution >= 0.6 is 11.8 Å². The highest BCUT2D eigenvalue weighted by Gasteiger charge is 1.98. The number of carbonyl (C=O) groups excluding carboxylic acids is 1. The van der Waals surface area contributed by atoms with Gasteiger partial charge in [0.25, 0.3) is 0 Å². The quantitative estimate of drug-likeness (QED) is 0.653.